The molecule has 2 heterocycles. The Morgan fingerprint density at radius 3 is 2.14 bits per heavy atom. The van der Waals surface area contributed by atoms with E-state index >= 15 is 0 Å². The van der Waals surface area contributed by atoms with Crippen LogP contribution in [0.2, 0.25) is 0 Å². The van der Waals surface area contributed by atoms with Crippen LogP contribution < -0.4 is 0 Å². The average Bonchev–Trinajstić information content (AvgIpc) is 3.03. The number of benzene rings is 1. The number of nitrogens with one attached hydrogen (secondary N) is 2. The molecule has 0 aliphatic heterocycles. The predicted octanol–water partition coefficient (Wildman–Crippen LogP) is 5.89. The number of rotatable bonds is 3. The van der Waals surface area contributed by atoms with Gasteiger partial charge in [0.15, 0.2) is 0 Å². The van der Waals surface area contributed by atoms with E-state index in [1.165, 1.54) is 44.2 Å². The van der Waals surface area contributed by atoms with Crippen LogP contribution in [0.25, 0.3) is 40.0 Å². The van der Waals surface area contributed by atoms with Crippen LogP contribution in [-0.2, 0) is 0 Å². The summed E-state index contributed by atoms with van der Waals surface area (Å²) in [5, 5.41) is 2.50. The monoisotopic (exact) mass is 290 g/mol. The number of hydrogen-bond donors (Lipinski definition) is 2. The van der Waals surface area contributed by atoms with E-state index in [1.807, 2.05) is 12.2 Å². The summed E-state index contributed by atoms with van der Waals surface area (Å²) >= 11 is 0. The molecule has 0 aliphatic rings. The lowest BCUT2D eigenvalue weighted by Gasteiger charge is -2.07. The first-order valence-corrected chi connectivity index (χ1v) is 7.59. The first-order chi connectivity index (χ1) is 10.5. The third-order valence-electron chi connectivity index (χ3n) is 4.61. The summed E-state index contributed by atoms with van der Waals surface area (Å²) in [6, 6.07) is 0. The van der Waals surface area contributed by atoms with Crippen molar-refractivity contribution in [1.82, 2.24) is 9.97 Å². The Kier molecular flexibility index (Phi) is 3.32. The molecule has 1 aromatic carbocycles. The second-order valence-electron chi connectivity index (χ2n) is 5.77. The topological polar surface area (TPSA) is 31.6 Å². The Hall–Kier alpha value is -2.48. The van der Waals surface area contributed by atoms with E-state index in [0.29, 0.717) is 0 Å². The largest absolute Gasteiger partial charge is 0.358 e. The molecule has 3 rings (SSSR count). The van der Waals surface area contributed by atoms with Gasteiger partial charge in [-0.1, -0.05) is 31.4 Å². The van der Waals surface area contributed by atoms with Crippen LogP contribution in [0.15, 0.2) is 19.2 Å². The summed E-state index contributed by atoms with van der Waals surface area (Å²) in [6.45, 7) is 16.5. The summed E-state index contributed by atoms with van der Waals surface area (Å²) in [7, 11) is 0. The molecule has 3 aromatic rings. The molecule has 0 amide bonds. The van der Waals surface area contributed by atoms with Crippen LogP contribution in [0.5, 0.6) is 0 Å². The molecule has 2 heteroatoms. The summed E-state index contributed by atoms with van der Waals surface area (Å²) in [5.74, 6) is 0. The number of hydrogen-bond acceptors (Lipinski definition) is 0. The van der Waals surface area contributed by atoms with Crippen LogP contribution in [-0.4, -0.2) is 9.97 Å². The molecule has 0 saturated carbocycles. The van der Waals surface area contributed by atoms with Crippen molar-refractivity contribution in [1.29, 1.82) is 0 Å². The molecule has 2 aromatic heterocycles. The molecule has 0 bridgehead atoms. The number of allylic oxidation sites excluding steroid dienone is 1. The maximum atomic E-state index is 3.99. The Bertz CT molecular complexity index is 946. The summed E-state index contributed by atoms with van der Waals surface area (Å²) in [6.07, 6.45) is 8.04. The predicted molar refractivity (Wildman–Crippen MR) is 99.3 cm³/mol. The number of aromatic amines is 2. The molecule has 0 unspecified atom stereocenters. The highest BCUT2D eigenvalue weighted by Crippen LogP contribution is 2.39. The Balaban J connectivity index is 2.67. The lowest BCUT2D eigenvalue weighted by Crippen LogP contribution is -1.87. The lowest BCUT2D eigenvalue weighted by molar-refractivity contribution is 1.27. The number of aromatic nitrogens is 2. The quantitative estimate of drug-likeness (QED) is 0.602. The maximum Gasteiger partial charge on any atom is 0.0569 e. The molecule has 0 fully saturated rings. The van der Waals surface area contributed by atoms with Gasteiger partial charge in [-0.05, 0) is 44.9 Å². The Morgan fingerprint density at radius 1 is 0.818 bits per heavy atom. The van der Waals surface area contributed by atoms with Crippen molar-refractivity contribution >= 4 is 40.0 Å². The van der Waals surface area contributed by atoms with Crippen molar-refractivity contribution in [3.8, 4) is 0 Å². The molecule has 0 spiro atoms. The van der Waals surface area contributed by atoms with Gasteiger partial charge in [0.25, 0.3) is 0 Å². The molecule has 22 heavy (non-hydrogen) atoms. The van der Waals surface area contributed by atoms with Gasteiger partial charge in [0.2, 0.25) is 0 Å². The Labute approximate surface area is 131 Å². The number of H-pyrrole nitrogens is 2. The molecule has 0 aliphatic carbocycles. The fourth-order valence-corrected chi connectivity index (χ4v) is 3.41. The molecule has 0 atom stereocenters. The van der Waals surface area contributed by atoms with Crippen LogP contribution in [0.4, 0.5) is 0 Å². The van der Waals surface area contributed by atoms with E-state index in [2.05, 4.69) is 63.0 Å². The first-order valence-electron chi connectivity index (χ1n) is 7.59. The maximum absolute atomic E-state index is 3.99. The zero-order valence-electron chi connectivity index (χ0n) is 13.7. The lowest BCUT2D eigenvalue weighted by atomic mass is 9.96. The van der Waals surface area contributed by atoms with E-state index in [0.717, 1.165) is 11.3 Å². The van der Waals surface area contributed by atoms with Crippen LogP contribution in [0.3, 0.4) is 0 Å². The third kappa shape index (κ3) is 1.73. The minimum absolute atomic E-state index is 1.03. The SMILES string of the molecule is C=Cc1[nH]c2c(c(C)c(C)c3[nH]c(C)c(/C=C\C)c32)c1C=C. The molecule has 0 radical (unpaired) electrons. The third-order valence-corrected chi connectivity index (χ3v) is 4.61. The van der Waals surface area contributed by atoms with Gasteiger partial charge in [0, 0.05) is 33.3 Å². The molecule has 112 valence electrons. The minimum atomic E-state index is 1.03. The normalized spacial score (nSPS) is 11.8. The van der Waals surface area contributed by atoms with Crippen molar-refractivity contribution in [2.45, 2.75) is 27.7 Å². The Morgan fingerprint density at radius 2 is 1.55 bits per heavy atom. The highest BCUT2D eigenvalue weighted by atomic mass is 14.8. The first kappa shape index (κ1) is 14.5. The van der Waals surface area contributed by atoms with Crippen molar-refractivity contribution in [3.63, 3.8) is 0 Å². The fraction of sp³-hybridized carbons (Fsp3) is 0.200. The summed E-state index contributed by atoms with van der Waals surface area (Å²) in [5.41, 5.74) is 9.57. The van der Waals surface area contributed by atoms with E-state index in [-0.39, 0.29) is 0 Å². The van der Waals surface area contributed by atoms with Gasteiger partial charge in [-0.2, -0.15) is 0 Å². The van der Waals surface area contributed by atoms with Crippen LogP contribution >= 0.6 is 0 Å². The van der Waals surface area contributed by atoms with Crippen molar-refractivity contribution in [2.75, 3.05) is 0 Å². The standard InChI is InChI=1S/C20H22N2/c1-7-10-15-13(6)21-19-12(5)11(4)17-14(8-2)16(9-3)22-20(17)18(15)19/h7-10,21-22H,2-3H2,1,4-6H3/b10-7-. The molecule has 0 saturated heterocycles. The minimum Gasteiger partial charge on any atom is -0.358 e. The number of aryl methyl sites for hydroxylation is 3. The highest BCUT2D eigenvalue weighted by molar-refractivity contribution is 6.15. The summed E-state index contributed by atoms with van der Waals surface area (Å²) in [4.78, 5) is 7.10. The van der Waals surface area contributed by atoms with Gasteiger partial charge in [0.1, 0.15) is 0 Å². The fourth-order valence-electron chi connectivity index (χ4n) is 3.41. The second-order valence-corrected chi connectivity index (χ2v) is 5.77. The summed E-state index contributed by atoms with van der Waals surface area (Å²) < 4.78 is 0. The van der Waals surface area contributed by atoms with Crippen molar-refractivity contribution in [3.05, 3.63) is 52.9 Å². The van der Waals surface area contributed by atoms with Gasteiger partial charge in [-0.15, -0.1) is 0 Å². The van der Waals surface area contributed by atoms with E-state index in [4.69, 9.17) is 0 Å². The highest BCUT2D eigenvalue weighted by Gasteiger charge is 2.19. The van der Waals surface area contributed by atoms with Gasteiger partial charge in [0.05, 0.1) is 11.0 Å². The van der Waals surface area contributed by atoms with Gasteiger partial charge >= 0.3 is 0 Å². The van der Waals surface area contributed by atoms with E-state index in [9.17, 15) is 0 Å². The smallest absolute Gasteiger partial charge is 0.0569 e. The van der Waals surface area contributed by atoms with Crippen LogP contribution in [0.1, 0.15) is 40.6 Å². The van der Waals surface area contributed by atoms with Crippen molar-refractivity contribution < 1.29 is 0 Å². The van der Waals surface area contributed by atoms with Gasteiger partial charge in [-0.25, -0.2) is 0 Å². The molecular weight excluding hydrogens is 268 g/mol. The zero-order valence-corrected chi connectivity index (χ0v) is 13.7. The van der Waals surface area contributed by atoms with Gasteiger partial charge in [-0.3, -0.25) is 0 Å². The molecular formula is C20H22N2. The van der Waals surface area contributed by atoms with E-state index < -0.39 is 0 Å². The van der Waals surface area contributed by atoms with Crippen molar-refractivity contribution in [2.24, 2.45) is 0 Å². The van der Waals surface area contributed by atoms with E-state index in [1.54, 1.807) is 0 Å². The zero-order chi connectivity index (χ0) is 16.0. The molecule has 2 N–H and O–H groups in total. The molecule has 2 nitrogen and oxygen atoms in total. The number of fused-ring (bicyclic) bond motifs is 3. The average molecular weight is 290 g/mol. The van der Waals surface area contributed by atoms with Crippen LogP contribution in [0, 0.1) is 20.8 Å². The van der Waals surface area contributed by atoms with Gasteiger partial charge < -0.3 is 9.97 Å². The second kappa shape index (κ2) is 5.06.